The van der Waals surface area contributed by atoms with E-state index in [2.05, 4.69) is 193 Å². The van der Waals surface area contributed by atoms with Gasteiger partial charge in [0.15, 0.2) is 17.5 Å². The predicted octanol–water partition coefficient (Wildman–Crippen LogP) is 19.1. The van der Waals surface area contributed by atoms with Gasteiger partial charge in [0.1, 0.15) is 22.3 Å². The van der Waals surface area contributed by atoms with Crippen molar-refractivity contribution in [3.8, 4) is 73.2 Å². The number of para-hydroxylation sites is 2. The van der Waals surface area contributed by atoms with E-state index >= 15 is 0 Å². The van der Waals surface area contributed by atoms with Crippen molar-refractivity contribution in [2.24, 2.45) is 0 Å². The summed E-state index contributed by atoms with van der Waals surface area (Å²) >= 11 is 1.86. The van der Waals surface area contributed by atoms with Gasteiger partial charge in [0.2, 0.25) is 0 Å². The molecule has 16 aromatic rings. The smallest absolute Gasteiger partial charge is 0.164 e. The van der Waals surface area contributed by atoms with Crippen molar-refractivity contribution in [1.82, 2.24) is 19.5 Å². The highest BCUT2D eigenvalue weighted by atomic mass is 32.1. The summed E-state index contributed by atoms with van der Waals surface area (Å²) in [5, 5.41) is 8.96. The zero-order chi connectivity index (χ0) is 49.8. The number of hydrogen-bond acceptors (Lipinski definition) is 6. The van der Waals surface area contributed by atoms with Gasteiger partial charge in [-0.2, -0.15) is 0 Å². The fourth-order valence-corrected chi connectivity index (χ4v) is 12.7. The van der Waals surface area contributed by atoms with E-state index in [1.807, 2.05) is 65.9 Å². The normalized spacial score (nSPS) is 11.9. The van der Waals surface area contributed by atoms with Crippen LogP contribution in [0.2, 0.25) is 0 Å². The first kappa shape index (κ1) is 42.5. The molecular weight excluding hydrogens is 949 g/mol. The lowest BCUT2D eigenvalue weighted by Gasteiger charge is -2.11. The Morgan fingerprint density at radius 3 is 1.71 bits per heavy atom. The summed E-state index contributed by atoms with van der Waals surface area (Å²) in [6, 6.07) is 85.8. The Kier molecular flexibility index (Phi) is 9.40. The van der Waals surface area contributed by atoms with Gasteiger partial charge in [0.05, 0.1) is 11.0 Å². The van der Waals surface area contributed by atoms with Gasteiger partial charge < -0.3 is 13.4 Å². The zero-order valence-corrected chi connectivity index (χ0v) is 41.4. The molecule has 0 aliphatic heterocycles. The van der Waals surface area contributed by atoms with Crippen LogP contribution < -0.4 is 0 Å². The highest BCUT2D eigenvalue weighted by Gasteiger charge is 2.22. The van der Waals surface area contributed by atoms with E-state index < -0.39 is 0 Å². The van der Waals surface area contributed by atoms with Crippen molar-refractivity contribution >= 4 is 97.2 Å². The lowest BCUT2D eigenvalue weighted by atomic mass is 9.94. The Hall–Kier alpha value is -9.95. The number of furan rings is 2. The second-order valence-corrected chi connectivity index (χ2v) is 20.5. The minimum Gasteiger partial charge on any atom is -0.456 e. The number of aromatic nitrogens is 4. The standard InChI is InChI=1S/C69H40N4O2S/c1-4-15-41(16-5-1)44-27-31-50-51-32-28-46(40-63(51)75-62(50)39-44)68-70-67(42-17-6-2-7-18-42)71-69(72-68)53-23-14-25-61-65(53)57-35-43(30-34-60(57)74-61)47-37-54(66-56(38-47)52-22-11-13-26-64(52)76-66)45-29-33-59-55(36-45)49-21-10-12-24-58(49)73(59)48-19-8-3-9-20-48/h1-40H. The highest BCUT2D eigenvalue weighted by molar-refractivity contribution is 7.26. The van der Waals surface area contributed by atoms with Crippen LogP contribution in [0.3, 0.4) is 0 Å². The van der Waals surface area contributed by atoms with E-state index in [-0.39, 0.29) is 0 Å². The monoisotopic (exact) mass is 988 g/mol. The first-order chi connectivity index (χ1) is 37.6. The summed E-state index contributed by atoms with van der Waals surface area (Å²) in [5.74, 6) is 1.68. The number of thiophene rings is 1. The minimum atomic E-state index is 0.549. The average molecular weight is 989 g/mol. The minimum absolute atomic E-state index is 0.549. The molecule has 354 valence electrons. The zero-order valence-electron chi connectivity index (χ0n) is 40.6. The largest absolute Gasteiger partial charge is 0.456 e. The van der Waals surface area contributed by atoms with Crippen molar-refractivity contribution in [3.05, 3.63) is 243 Å². The SMILES string of the molecule is c1ccc(-c2ccc3c(c2)oc2cc(-c4nc(-c5ccccc5)nc(-c5cccc6oc7ccc(-c8cc(-c9ccc%10c(c9)c9ccccc9n%10-c9ccccc9)c9sc%10ccccc%10c9c8)cc7c56)n4)ccc23)cc1. The third kappa shape index (κ3) is 6.76. The van der Waals surface area contributed by atoms with E-state index in [1.54, 1.807) is 0 Å². The fraction of sp³-hybridized carbons (Fsp3) is 0. The maximum atomic E-state index is 6.68. The lowest BCUT2D eigenvalue weighted by molar-refractivity contribution is 0.668. The summed E-state index contributed by atoms with van der Waals surface area (Å²) in [4.78, 5) is 15.6. The van der Waals surface area contributed by atoms with Crippen LogP contribution in [0.15, 0.2) is 251 Å². The van der Waals surface area contributed by atoms with E-state index in [9.17, 15) is 0 Å². The first-order valence-electron chi connectivity index (χ1n) is 25.5. The van der Waals surface area contributed by atoms with Gasteiger partial charge in [-0.3, -0.25) is 0 Å². The van der Waals surface area contributed by atoms with Crippen LogP contribution in [0.25, 0.3) is 159 Å². The number of hydrogen-bond donors (Lipinski definition) is 0. The van der Waals surface area contributed by atoms with Crippen molar-refractivity contribution in [2.45, 2.75) is 0 Å². The Morgan fingerprint density at radius 1 is 0.303 bits per heavy atom. The van der Waals surface area contributed by atoms with E-state index in [1.165, 1.54) is 53.1 Å². The van der Waals surface area contributed by atoms with Crippen LogP contribution in [-0.4, -0.2) is 19.5 Å². The van der Waals surface area contributed by atoms with E-state index in [0.29, 0.717) is 17.5 Å². The summed E-state index contributed by atoms with van der Waals surface area (Å²) in [6.45, 7) is 0. The molecule has 11 aromatic carbocycles. The summed E-state index contributed by atoms with van der Waals surface area (Å²) in [5.41, 5.74) is 16.1. The highest BCUT2D eigenvalue weighted by Crippen LogP contribution is 2.46. The molecule has 16 rings (SSSR count). The molecular formula is C69H40N4O2S. The fourth-order valence-electron chi connectivity index (χ4n) is 11.5. The molecule has 0 saturated carbocycles. The van der Waals surface area contributed by atoms with Gasteiger partial charge in [0, 0.05) is 80.4 Å². The number of benzene rings is 11. The van der Waals surface area contributed by atoms with Crippen molar-refractivity contribution < 1.29 is 8.83 Å². The van der Waals surface area contributed by atoms with Gasteiger partial charge in [-0.15, -0.1) is 11.3 Å². The number of fused-ring (bicyclic) bond motifs is 12. The van der Waals surface area contributed by atoms with Crippen LogP contribution in [-0.2, 0) is 0 Å². The lowest BCUT2D eigenvalue weighted by Crippen LogP contribution is -2.00. The van der Waals surface area contributed by atoms with Crippen LogP contribution in [0.5, 0.6) is 0 Å². The Balaban J connectivity index is 0.856. The molecule has 0 N–H and O–H groups in total. The molecule has 5 heterocycles. The molecule has 6 nitrogen and oxygen atoms in total. The maximum Gasteiger partial charge on any atom is 0.164 e. The third-order valence-electron chi connectivity index (χ3n) is 15.1. The topological polar surface area (TPSA) is 69.9 Å². The molecule has 0 bridgehead atoms. The molecule has 0 aliphatic carbocycles. The molecule has 0 aliphatic rings. The molecule has 0 atom stereocenters. The van der Waals surface area contributed by atoms with Crippen LogP contribution in [0, 0.1) is 0 Å². The molecule has 0 amide bonds. The Morgan fingerprint density at radius 2 is 0.895 bits per heavy atom. The van der Waals surface area contributed by atoms with Crippen molar-refractivity contribution in [3.63, 3.8) is 0 Å². The maximum absolute atomic E-state index is 6.68. The molecule has 0 radical (unpaired) electrons. The molecule has 7 heteroatoms. The summed E-state index contributed by atoms with van der Waals surface area (Å²) < 4.78 is 18.2. The number of rotatable bonds is 7. The molecule has 0 saturated heterocycles. The Bertz CT molecular complexity index is 4990. The second kappa shape index (κ2) is 16.8. The van der Waals surface area contributed by atoms with Gasteiger partial charge >= 0.3 is 0 Å². The van der Waals surface area contributed by atoms with Crippen LogP contribution >= 0.6 is 11.3 Å². The van der Waals surface area contributed by atoms with Gasteiger partial charge in [0.25, 0.3) is 0 Å². The molecule has 5 aromatic heterocycles. The molecule has 0 unspecified atom stereocenters. The molecule has 0 spiro atoms. The predicted molar refractivity (Wildman–Crippen MR) is 314 cm³/mol. The van der Waals surface area contributed by atoms with Gasteiger partial charge in [-0.25, -0.2) is 15.0 Å². The molecule has 76 heavy (non-hydrogen) atoms. The number of nitrogens with zero attached hydrogens (tertiary/aromatic N) is 4. The quantitative estimate of drug-likeness (QED) is 0.159. The summed E-state index contributed by atoms with van der Waals surface area (Å²) in [7, 11) is 0. The van der Waals surface area contributed by atoms with Crippen molar-refractivity contribution in [1.29, 1.82) is 0 Å². The van der Waals surface area contributed by atoms with Crippen LogP contribution in [0.4, 0.5) is 0 Å². The third-order valence-corrected chi connectivity index (χ3v) is 16.3. The first-order valence-corrected chi connectivity index (χ1v) is 26.3. The average Bonchev–Trinajstić information content (AvgIpc) is 4.28. The second-order valence-electron chi connectivity index (χ2n) is 19.5. The van der Waals surface area contributed by atoms with E-state index in [0.717, 1.165) is 88.5 Å². The molecule has 0 fully saturated rings. The van der Waals surface area contributed by atoms with E-state index in [4.69, 9.17) is 23.8 Å². The Labute approximate surface area is 439 Å². The van der Waals surface area contributed by atoms with Crippen LogP contribution in [0.1, 0.15) is 0 Å². The van der Waals surface area contributed by atoms with Crippen molar-refractivity contribution in [2.75, 3.05) is 0 Å². The summed E-state index contributed by atoms with van der Waals surface area (Å²) in [6.07, 6.45) is 0. The van der Waals surface area contributed by atoms with Gasteiger partial charge in [-0.1, -0.05) is 152 Å². The van der Waals surface area contributed by atoms with Gasteiger partial charge in [-0.05, 0) is 119 Å².